The van der Waals surface area contributed by atoms with E-state index in [1.807, 2.05) is 45.0 Å². The molecule has 1 N–H and O–H groups in total. The third-order valence-corrected chi connectivity index (χ3v) is 4.41. The Bertz CT molecular complexity index is 901. The van der Waals surface area contributed by atoms with E-state index in [4.69, 9.17) is 0 Å². The highest BCUT2D eigenvalue weighted by Gasteiger charge is 2.13. The SMILES string of the molecule is Cc1nc2nc(C)c(CCC(=O)Nc3ccc(Br)cc3)c(C)n2n1. The molecule has 0 aliphatic carbocycles. The van der Waals surface area contributed by atoms with Crippen molar-refractivity contribution < 1.29 is 4.79 Å². The van der Waals surface area contributed by atoms with Gasteiger partial charge in [0.2, 0.25) is 5.91 Å². The summed E-state index contributed by atoms with van der Waals surface area (Å²) in [6, 6.07) is 7.53. The highest BCUT2D eigenvalue weighted by Crippen LogP contribution is 2.17. The van der Waals surface area contributed by atoms with Crippen LogP contribution >= 0.6 is 15.9 Å². The Kier molecular flexibility index (Phi) is 4.62. The minimum Gasteiger partial charge on any atom is -0.326 e. The van der Waals surface area contributed by atoms with E-state index in [1.165, 1.54) is 0 Å². The molecule has 0 unspecified atom stereocenters. The summed E-state index contributed by atoms with van der Waals surface area (Å²) in [6.45, 7) is 5.77. The number of hydrogen-bond donors (Lipinski definition) is 1. The number of nitrogens with zero attached hydrogens (tertiary/aromatic N) is 4. The third kappa shape index (κ3) is 3.46. The van der Waals surface area contributed by atoms with Crippen molar-refractivity contribution in [3.05, 3.63) is 51.5 Å². The van der Waals surface area contributed by atoms with Crippen LogP contribution in [-0.2, 0) is 11.2 Å². The summed E-state index contributed by atoms with van der Waals surface area (Å²) in [7, 11) is 0. The van der Waals surface area contributed by atoms with Crippen LogP contribution in [-0.4, -0.2) is 25.5 Å². The zero-order chi connectivity index (χ0) is 17.3. The first-order valence-electron chi connectivity index (χ1n) is 7.69. The second kappa shape index (κ2) is 6.68. The first kappa shape index (κ1) is 16.6. The van der Waals surface area contributed by atoms with Crippen molar-refractivity contribution in [3.63, 3.8) is 0 Å². The molecule has 3 aromatic rings. The Hall–Kier alpha value is -2.28. The van der Waals surface area contributed by atoms with E-state index >= 15 is 0 Å². The van der Waals surface area contributed by atoms with Crippen LogP contribution in [0, 0.1) is 20.8 Å². The summed E-state index contributed by atoms with van der Waals surface area (Å²) in [4.78, 5) is 21.0. The van der Waals surface area contributed by atoms with Gasteiger partial charge >= 0.3 is 0 Å². The predicted molar refractivity (Wildman–Crippen MR) is 96.1 cm³/mol. The van der Waals surface area contributed by atoms with Crippen molar-refractivity contribution in [3.8, 4) is 0 Å². The minimum atomic E-state index is -0.0222. The zero-order valence-corrected chi connectivity index (χ0v) is 15.4. The molecule has 0 saturated heterocycles. The highest BCUT2D eigenvalue weighted by atomic mass is 79.9. The van der Waals surface area contributed by atoms with Crippen LogP contribution in [0.1, 0.15) is 29.2 Å². The third-order valence-electron chi connectivity index (χ3n) is 3.88. The van der Waals surface area contributed by atoms with Crippen LogP contribution in [0.3, 0.4) is 0 Å². The van der Waals surface area contributed by atoms with E-state index in [9.17, 15) is 4.79 Å². The molecule has 24 heavy (non-hydrogen) atoms. The highest BCUT2D eigenvalue weighted by molar-refractivity contribution is 9.10. The molecular weight excluding hydrogens is 370 g/mol. The molecule has 124 valence electrons. The summed E-state index contributed by atoms with van der Waals surface area (Å²) < 4.78 is 2.72. The van der Waals surface area contributed by atoms with Gasteiger partial charge in [-0.2, -0.15) is 10.1 Å². The molecule has 6 nitrogen and oxygen atoms in total. The number of carbonyl (C=O) groups excluding carboxylic acids is 1. The van der Waals surface area contributed by atoms with Crippen molar-refractivity contribution in [2.24, 2.45) is 0 Å². The van der Waals surface area contributed by atoms with E-state index in [0.29, 0.717) is 24.4 Å². The number of nitrogens with one attached hydrogen (secondary N) is 1. The fourth-order valence-electron chi connectivity index (χ4n) is 2.67. The van der Waals surface area contributed by atoms with E-state index in [1.54, 1.807) is 4.52 Å². The van der Waals surface area contributed by atoms with Crippen molar-refractivity contribution in [2.45, 2.75) is 33.6 Å². The number of hydrogen-bond acceptors (Lipinski definition) is 4. The molecule has 0 fully saturated rings. The topological polar surface area (TPSA) is 72.2 Å². The maximum atomic E-state index is 12.2. The number of aryl methyl sites for hydroxylation is 3. The Labute approximate surface area is 148 Å². The van der Waals surface area contributed by atoms with E-state index in [0.717, 1.165) is 27.1 Å². The quantitative estimate of drug-likeness (QED) is 0.744. The summed E-state index contributed by atoms with van der Waals surface area (Å²) in [6.07, 6.45) is 1.00. The molecule has 7 heteroatoms. The maximum absolute atomic E-state index is 12.2. The monoisotopic (exact) mass is 387 g/mol. The number of anilines is 1. The van der Waals surface area contributed by atoms with Gasteiger partial charge in [-0.05, 0) is 57.0 Å². The van der Waals surface area contributed by atoms with Gasteiger partial charge in [0.05, 0.1) is 0 Å². The second-order valence-electron chi connectivity index (χ2n) is 5.69. The van der Waals surface area contributed by atoms with Crippen molar-refractivity contribution in [2.75, 3.05) is 5.32 Å². The van der Waals surface area contributed by atoms with Crippen LogP contribution in [0.25, 0.3) is 5.78 Å². The lowest BCUT2D eigenvalue weighted by atomic mass is 10.1. The number of carbonyl (C=O) groups is 1. The van der Waals surface area contributed by atoms with Gasteiger partial charge in [0.15, 0.2) is 0 Å². The Balaban J connectivity index is 1.73. The molecule has 0 atom stereocenters. The summed E-state index contributed by atoms with van der Waals surface area (Å²) in [5.74, 6) is 1.27. The van der Waals surface area contributed by atoms with E-state index in [2.05, 4.69) is 36.3 Å². The average Bonchev–Trinajstić information content (AvgIpc) is 2.90. The second-order valence-corrected chi connectivity index (χ2v) is 6.60. The molecule has 1 amide bonds. The lowest BCUT2D eigenvalue weighted by Crippen LogP contribution is -2.14. The normalized spacial score (nSPS) is 11.0. The van der Waals surface area contributed by atoms with Gasteiger partial charge in [0.1, 0.15) is 5.82 Å². The van der Waals surface area contributed by atoms with E-state index < -0.39 is 0 Å². The average molecular weight is 388 g/mol. The molecule has 1 aromatic carbocycles. The number of rotatable bonds is 4. The van der Waals surface area contributed by atoms with Crippen LogP contribution in [0.5, 0.6) is 0 Å². The minimum absolute atomic E-state index is 0.0222. The van der Waals surface area contributed by atoms with Crippen LogP contribution < -0.4 is 5.32 Å². The molecule has 0 radical (unpaired) electrons. The predicted octanol–water partition coefficient (Wildman–Crippen LogP) is 3.38. The van der Waals surface area contributed by atoms with Gasteiger partial charge in [-0.25, -0.2) is 9.50 Å². The van der Waals surface area contributed by atoms with Crippen LogP contribution in [0.4, 0.5) is 5.69 Å². The Morgan fingerprint density at radius 2 is 1.88 bits per heavy atom. The molecule has 0 spiro atoms. The van der Waals surface area contributed by atoms with Gasteiger partial charge in [-0.15, -0.1) is 0 Å². The number of aromatic nitrogens is 4. The van der Waals surface area contributed by atoms with Gasteiger partial charge < -0.3 is 5.32 Å². The van der Waals surface area contributed by atoms with Crippen molar-refractivity contribution >= 4 is 33.3 Å². The van der Waals surface area contributed by atoms with Crippen LogP contribution in [0.15, 0.2) is 28.7 Å². The zero-order valence-electron chi connectivity index (χ0n) is 13.8. The molecule has 0 saturated carbocycles. The molecular formula is C17H18BrN5O. The van der Waals surface area contributed by atoms with Gasteiger partial charge in [0.25, 0.3) is 5.78 Å². The maximum Gasteiger partial charge on any atom is 0.252 e. The standard InChI is InChI=1S/C17H18BrN5O/c1-10-15(11(2)23-17(19-10)20-12(3)22-23)8-9-16(24)21-14-6-4-13(18)5-7-14/h4-7H,8-9H2,1-3H3,(H,21,24). The van der Waals surface area contributed by atoms with Crippen molar-refractivity contribution in [1.82, 2.24) is 19.6 Å². The van der Waals surface area contributed by atoms with Gasteiger partial charge in [0, 0.05) is 28.0 Å². The van der Waals surface area contributed by atoms with Crippen molar-refractivity contribution in [1.29, 1.82) is 0 Å². The summed E-state index contributed by atoms with van der Waals surface area (Å²) >= 11 is 3.38. The number of fused-ring (bicyclic) bond motifs is 1. The molecule has 0 aliphatic rings. The largest absolute Gasteiger partial charge is 0.326 e. The molecule has 0 aliphatic heterocycles. The number of benzene rings is 1. The van der Waals surface area contributed by atoms with Gasteiger partial charge in [-0.1, -0.05) is 15.9 Å². The van der Waals surface area contributed by atoms with E-state index in [-0.39, 0.29) is 5.91 Å². The Morgan fingerprint density at radius 3 is 2.58 bits per heavy atom. The first-order valence-corrected chi connectivity index (χ1v) is 8.48. The molecule has 2 aromatic heterocycles. The first-order chi connectivity index (χ1) is 11.4. The number of halogens is 1. The lowest BCUT2D eigenvalue weighted by molar-refractivity contribution is -0.116. The molecule has 3 rings (SSSR count). The number of amides is 1. The smallest absolute Gasteiger partial charge is 0.252 e. The molecule has 0 bridgehead atoms. The molecule has 2 heterocycles. The fraction of sp³-hybridized carbons (Fsp3) is 0.294. The summed E-state index contributed by atoms with van der Waals surface area (Å²) in [5.41, 5.74) is 3.70. The lowest BCUT2D eigenvalue weighted by Gasteiger charge is -2.10. The van der Waals surface area contributed by atoms with Gasteiger partial charge in [-0.3, -0.25) is 4.79 Å². The Morgan fingerprint density at radius 1 is 1.17 bits per heavy atom. The van der Waals surface area contributed by atoms with Crippen LogP contribution in [0.2, 0.25) is 0 Å². The summed E-state index contributed by atoms with van der Waals surface area (Å²) in [5, 5.41) is 7.26. The fourth-order valence-corrected chi connectivity index (χ4v) is 2.93.